The molecule has 1 nitrogen and oxygen atoms in total. The molecule has 0 amide bonds. The van der Waals surface area contributed by atoms with Crippen molar-refractivity contribution in [3.63, 3.8) is 0 Å². The minimum absolute atomic E-state index is 0.229. The van der Waals surface area contributed by atoms with Gasteiger partial charge in [-0.2, -0.15) is 0 Å². The van der Waals surface area contributed by atoms with E-state index in [-0.39, 0.29) is 5.75 Å². The summed E-state index contributed by atoms with van der Waals surface area (Å²) in [5.74, 6) is 0.816. The zero-order chi connectivity index (χ0) is 7.84. The van der Waals surface area contributed by atoms with Crippen LogP contribution in [0.15, 0.2) is 18.2 Å². The van der Waals surface area contributed by atoms with Crippen molar-refractivity contribution in [2.45, 2.75) is 25.7 Å². The number of rotatable bonds is 1. The minimum Gasteiger partial charge on any atom is -0.290 e. The molecule has 0 saturated heterocycles. The van der Waals surface area contributed by atoms with Gasteiger partial charge in [0, 0.05) is 5.56 Å². The largest absolute Gasteiger partial charge is 0.290 e. The maximum absolute atomic E-state index is 11.3. The van der Waals surface area contributed by atoms with Crippen LogP contribution in [0.1, 0.15) is 29.9 Å². The van der Waals surface area contributed by atoms with Crippen LogP contribution in [0.4, 0.5) is 0 Å². The highest BCUT2D eigenvalue weighted by Crippen LogP contribution is 2.45. The van der Waals surface area contributed by atoms with Crippen LogP contribution >= 0.6 is 0 Å². The molecule has 1 heteroatoms. The third kappa shape index (κ3) is 1.11. The van der Waals surface area contributed by atoms with Gasteiger partial charge in [-0.3, -0.25) is 5.11 Å². The molecular weight excluding hydrogens is 136 g/mol. The van der Waals surface area contributed by atoms with E-state index in [1.165, 1.54) is 18.4 Å². The van der Waals surface area contributed by atoms with Gasteiger partial charge in [0.2, 0.25) is 0 Å². The zero-order valence-electron chi connectivity index (χ0n) is 6.63. The highest BCUT2D eigenvalue weighted by atomic mass is 16.3. The molecule has 1 radical (unpaired) electrons. The summed E-state index contributed by atoms with van der Waals surface area (Å²) in [6.07, 6.45) is 2.42. The van der Waals surface area contributed by atoms with Gasteiger partial charge in [-0.1, -0.05) is 12.1 Å². The lowest BCUT2D eigenvalue weighted by molar-refractivity contribution is 0.349. The molecule has 0 bridgehead atoms. The zero-order valence-corrected chi connectivity index (χ0v) is 6.63. The fourth-order valence-electron chi connectivity index (χ4n) is 1.55. The molecule has 1 aromatic rings. The minimum atomic E-state index is 0.229. The van der Waals surface area contributed by atoms with Crippen molar-refractivity contribution >= 4 is 0 Å². The van der Waals surface area contributed by atoms with E-state index >= 15 is 0 Å². The number of aryl methyl sites for hydroxylation is 1. The maximum Gasteiger partial charge on any atom is 0.182 e. The van der Waals surface area contributed by atoms with Crippen LogP contribution in [0.3, 0.4) is 0 Å². The van der Waals surface area contributed by atoms with Crippen LogP contribution < -0.4 is 0 Å². The van der Waals surface area contributed by atoms with E-state index in [4.69, 9.17) is 0 Å². The Kier molecular flexibility index (Phi) is 1.38. The van der Waals surface area contributed by atoms with Crippen molar-refractivity contribution in [3.8, 4) is 5.75 Å². The van der Waals surface area contributed by atoms with Crippen molar-refractivity contribution in [2.75, 3.05) is 0 Å². The van der Waals surface area contributed by atoms with E-state index < -0.39 is 0 Å². The lowest BCUT2D eigenvalue weighted by Crippen LogP contribution is -1.84. The fourth-order valence-corrected chi connectivity index (χ4v) is 1.55. The van der Waals surface area contributed by atoms with E-state index in [2.05, 4.69) is 0 Å². The van der Waals surface area contributed by atoms with Crippen LogP contribution in [0.5, 0.6) is 5.75 Å². The third-order valence-corrected chi connectivity index (χ3v) is 2.27. The van der Waals surface area contributed by atoms with Gasteiger partial charge < -0.3 is 0 Å². The van der Waals surface area contributed by atoms with Gasteiger partial charge in [0.1, 0.15) is 0 Å². The average molecular weight is 147 g/mol. The van der Waals surface area contributed by atoms with Gasteiger partial charge in [-0.25, -0.2) is 0 Å². The Labute approximate surface area is 66.7 Å². The maximum atomic E-state index is 11.3. The van der Waals surface area contributed by atoms with Crippen LogP contribution in [0, 0.1) is 6.92 Å². The molecule has 1 aliphatic carbocycles. The normalized spacial score (nSPS) is 16.8. The molecule has 57 valence electrons. The highest BCUT2D eigenvalue weighted by Gasteiger charge is 2.27. The van der Waals surface area contributed by atoms with Gasteiger partial charge in [-0.05, 0) is 37.3 Å². The molecule has 1 aliphatic rings. The second-order valence-corrected chi connectivity index (χ2v) is 3.26. The van der Waals surface area contributed by atoms with Crippen LogP contribution in [0.25, 0.3) is 0 Å². The summed E-state index contributed by atoms with van der Waals surface area (Å²) in [6, 6.07) is 5.53. The fraction of sp³-hybridized carbons (Fsp3) is 0.400. The summed E-state index contributed by atoms with van der Waals surface area (Å²) in [5.41, 5.74) is 2.23. The highest BCUT2D eigenvalue weighted by molar-refractivity contribution is 5.42. The van der Waals surface area contributed by atoms with E-state index in [9.17, 15) is 5.11 Å². The number of benzene rings is 1. The molecule has 0 unspecified atom stereocenters. The Bertz CT molecular complexity index is 254. The van der Waals surface area contributed by atoms with E-state index in [0.717, 1.165) is 5.56 Å². The molecule has 1 saturated carbocycles. The van der Waals surface area contributed by atoms with Crippen molar-refractivity contribution < 1.29 is 5.11 Å². The average Bonchev–Trinajstić information content (AvgIpc) is 2.70. The molecule has 2 rings (SSSR count). The molecule has 0 spiro atoms. The Balaban J connectivity index is 2.48. The summed E-state index contributed by atoms with van der Waals surface area (Å²) < 4.78 is 0. The van der Waals surface area contributed by atoms with Gasteiger partial charge in [0.15, 0.2) is 5.75 Å². The quantitative estimate of drug-likeness (QED) is 0.582. The first-order chi connectivity index (χ1) is 5.29. The van der Waals surface area contributed by atoms with Crippen LogP contribution in [0.2, 0.25) is 0 Å². The summed E-state index contributed by atoms with van der Waals surface area (Å²) in [4.78, 5) is 0. The molecule has 0 aromatic heterocycles. The first-order valence-electron chi connectivity index (χ1n) is 4.05. The van der Waals surface area contributed by atoms with Crippen molar-refractivity contribution in [2.24, 2.45) is 0 Å². The van der Waals surface area contributed by atoms with Crippen LogP contribution in [-0.4, -0.2) is 0 Å². The van der Waals surface area contributed by atoms with Crippen molar-refractivity contribution in [3.05, 3.63) is 29.3 Å². The smallest absolute Gasteiger partial charge is 0.182 e. The first kappa shape index (κ1) is 6.71. The molecular formula is C10H11O. The molecule has 1 aromatic carbocycles. The predicted octanol–water partition coefficient (Wildman–Crippen LogP) is 3.02. The summed E-state index contributed by atoms with van der Waals surface area (Å²) >= 11 is 0. The third-order valence-electron chi connectivity index (χ3n) is 2.27. The summed E-state index contributed by atoms with van der Waals surface area (Å²) in [5, 5.41) is 11.3. The second-order valence-electron chi connectivity index (χ2n) is 3.26. The topological polar surface area (TPSA) is 19.9 Å². The van der Waals surface area contributed by atoms with Gasteiger partial charge in [0.05, 0.1) is 0 Å². The van der Waals surface area contributed by atoms with E-state index in [0.29, 0.717) is 5.92 Å². The van der Waals surface area contributed by atoms with E-state index in [1.54, 1.807) is 6.07 Å². The molecule has 0 atom stereocenters. The molecule has 1 fully saturated rings. The SMILES string of the molecule is Cc1cccc([O])c1C1CC1. The molecule has 11 heavy (non-hydrogen) atoms. The predicted molar refractivity (Wildman–Crippen MR) is 43.3 cm³/mol. The monoisotopic (exact) mass is 147 g/mol. The van der Waals surface area contributed by atoms with Crippen molar-refractivity contribution in [1.82, 2.24) is 0 Å². The Morgan fingerprint density at radius 1 is 1.36 bits per heavy atom. The molecule has 0 aliphatic heterocycles. The van der Waals surface area contributed by atoms with Gasteiger partial charge >= 0.3 is 0 Å². The Morgan fingerprint density at radius 3 is 2.64 bits per heavy atom. The van der Waals surface area contributed by atoms with Crippen molar-refractivity contribution in [1.29, 1.82) is 0 Å². The lowest BCUT2D eigenvalue weighted by Gasteiger charge is -2.02. The number of hydrogen-bond donors (Lipinski definition) is 0. The summed E-state index contributed by atoms with van der Waals surface area (Å²) in [6.45, 7) is 2.02. The standard InChI is InChI=1S/C10H11O/c1-7-3-2-4-9(11)10(7)8-5-6-8/h2-4,8H,5-6H2,1H3. The summed E-state index contributed by atoms with van der Waals surface area (Å²) in [7, 11) is 0. The van der Waals surface area contributed by atoms with Gasteiger partial charge in [-0.15, -0.1) is 0 Å². The first-order valence-corrected chi connectivity index (χ1v) is 4.05. The molecule has 0 N–H and O–H groups in total. The number of hydrogen-bond acceptors (Lipinski definition) is 0. The van der Waals surface area contributed by atoms with Crippen LogP contribution in [-0.2, 0) is 5.11 Å². The second kappa shape index (κ2) is 2.26. The lowest BCUT2D eigenvalue weighted by atomic mass is 10.0. The Hall–Kier alpha value is -0.980. The molecule has 0 heterocycles. The Morgan fingerprint density at radius 2 is 2.09 bits per heavy atom. The van der Waals surface area contributed by atoms with Gasteiger partial charge in [0.25, 0.3) is 0 Å². The van der Waals surface area contributed by atoms with E-state index in [1.807, 2.05) is 19.1 Å².